The van der Waals surface area contributed by atoms with Crippen LogP contribution in [0.2, 0.25) is 0 Å². The number of amides is 9. The van der Waals surface area contributed by atoms with Crippen LogP contribution in [0.4, 0.5) is 0 Å². The fourth-order valence-corrected chi connectivity index (χ4v) is 6.53. The molecule has 0 unspecified atom stereocenters. The number of benzene rings is 1. The number of nitrogens with two attached hydrogens (primary N) is 2. The molecule has 23 nitrogen and oxygen atoms in total. The summed E-state index contributed by atoms with van der Waals surface area (Å²) in [5.74, 6) is -11.2. The lowest BCUT2D eigenvalue weighted by Crippen LogP contribution is -2.64. The van der Waals surface area contributed by atoms with E-state index in [1.165, 1.54) is 24.3 Å². The molecule has 0 heterocycles. The average Bonchev–Trinajstić information content (AvgIpc) is 3.23. The molecule has 0 aliphatic carbocycles. The van der Waals surface area contributed by atoms with E-state index in [4.69, 9.17) is 28.2 Å². The predicted molar refractivity (Wildman–Crippen MR) is 240 cm³/mol. The van der Waals surface area contributed by atoms with Crippen LogP contribution in [0.15, 0.2) is 24.3 Å². The molecule has 0 spiro atoms. The van der Waals surface area contributed by atoms with Gasteiger partial charge in [0.15, 0.2) is 0 Å². The Morgan fingerprint density at radius 3 is 1.83 bits per heavy atom. The maximum atomic E-state index is 14.3. The molecule has 6 atom stereocenters. The number of hydrogen-bond donors (Lipinski definition) is 13. The van der Waals surface area contributed by atoms with E-state index in [0.717, 1.165) is 6.92 Å². The third kappa shape index (κ3) is 22.6. The lowest BCUT2D eigenvalue weighted by atomic mass is 9.92. The average molecular weight is 973 g/mol. The Morgan fingerprint density at radius 2 is 1.29 bits per heavy atom. The van der Waals surface area contributed by atoms with E-state index < -0.39 is 126 Å². The third-order valence-electron chi connectivity index (χ3n) is 9.76. The molecule has 25 heteroatoms. The van der Waals surface area contributed by atoms with Crippen molar-refractivity contribution in [2.24, 2.45) is 17.4 Å². The number of aliphatic carboxylic acids is 2. The molecule has 1 aromatic rings. The molecule has 0 aliphatic rings. The van der Waals surface area contributed by atoms with Gasteiger partial charge in [0.05, 0.1) is 6.42 Å². The number of halogens is 1. The number of rotatable bonds is 32. The van der Waals surface area contributed by atoms with Crippen LogP contribution in [0.1, 0.15) is 90.5 Å². The van der Waals surface area contributed by atoms with Crippen molar-refractivity contribution in [1.82, 2.24) is 37.2 Å². The normalized spacial score (nSPS) is 14.1. The van der Waals surface area contributed by atoms with E-state index >= 15 is 0 Å². The predicted octanol–water partition coefficient (Wildman–Crippen LogP) is -1.78. The van der Waals surface area contributed by atoms with E-state index in [-0.39, 0.29) is 75.3 Å². The summed E-state index contributed by atoms with van der Waals surface area (Å²) in [4.78, 5) is 140. The van der Waals surface area contributed by atoms with Crippen molar-refractivity contribution in [1.29, 1.82) is 0 Å². The van der Waals surface area contributed by atoms with Gasteiger partial charge in [0.25, 0.3) is 0 Å². The van der Waals surface area contributed by atoms with Crippen molar-refractivity contribution in [3.05, 3.63) is 29.8 Å². The zero-order valence-corrected chi connectivity index (χ0v) is 38.6. The van der Waals surface area contributed by atoms with Gasteiger partial charge in [-0.1, -0.05) is 26.0 Å². The van der Waals surface area contributed by atoms with Gasteiger partial charge in [0, 0.05) is 38.0 Å². The van der Waals surface area contributed by atoms with Crippen molar-refractivity contribution in [3.63, 3.8) is 0 Å². The fraction of sp³-hybridized carbons (Fsp3) is 0.585. The number of alkyl halides is 1. The quantitative estimate of drug-likeness (QED) is 0.0216. The minimum Gasteiger partial charge on any atom is -0.508 e. The number of unbranched alkanes of at least 4 members (excludes halogenated alkanes) is 1. The zero-order chi connectivity index (χ0) is 50.1. The summed E-state index contributed by atoms with van der Waals surface area (Å²) < 4.78 is 0. The Kier molecular flexibility index (Phi) is 25.8. The van der Waals surface area contributed by atoms with Gasteiger partial charge in [0.1, 0.15) is 47.4 Å². The van der Waals surface area contributed by atoms with E-state index in [0.29, 0.717) is 5.56 Å². The fourth-order valence-electron chi connectivity index (χ4n) is 6.18. The topological polar surface area (TPSA) is 385 Å². The first-order valence-electron chi connectivity index (χ1n) is 21.0. The molecule has 0 bridgehead atoms. The molecule has 14 N–H and O–H groups in total. The maximum Gasteiger partial charge on any atom is 0.303 e. The van der Waals surface area contributed by atoms with E-state index in [2.05, 4.69) is 49.8 Å². The summed E-state index contributed by atoms with van der Waals surface area (Å²) in [5, 5.41) is 45.8. The summed E-state index contributed by atoms with van der Waals surface area (Å²) in [6.07, 6.45) is -2.29. The first-order chi connectivity index (χ1) is 30.9. The number of aromatic hydroxyl groups is 1. The molecule has 0 aliphatic heterocycles. The number of nitrogens with one attached hydrogen (secondary N) is 7. The van der Waals surface area contributed by atoms with E-state index in [1.807, 2.05) is 0 Å². The van der Waals surface area contributed by atoms with Gasteiger partial charge in [-0.25, -0.2) is 0 Å². The number of primary amides is 2. The second kappa shape index (κ2) is 29.4. The highest BCUT2D eigenvalue weighted by atomic mass is 35.5. The minimum absolute atomic E-state index is 0.00158. The SMILES string of the molecule is CC(C)C[C@H](NC(=O)[C@H](CCCC(=O)O)NC(=O)CCl)C(=O)N[C@@H](Cc1ccc(O)cc1)C(=O)N[C@@](C)(CCC(=O)O)C(=O)N[C@@H](CC(N)=O)C(=O)NCCCCC(=O)N[C@@H](CS)C(N)=O. The minimum atomic E-state index is -2.14. The van der Waals surface area contributed by atoms with Gasteiger partial charge < -0.3 is 64.0 Å². The number of phenols is 1. The van der Waals surface area contributed by atoms with Gasteiger partial charge >= 0.3 is 11.9 Å². The summed E-state index contributed by atoms with van der Waals surface area (Å²) in [6.45, 7) is 4.59. The first-order valence-corrected chi connectivity index (χ1v) is 22.1. The molecule has 0 saturated heterocycles. The van der Waals surface area contributed by atoms with Gasteiger partial charge in [-0.05, 0) is 69.1 Å². The highest BCUT2D eigenvalue weighted by Gasteiger charge is 2.40. The molecule has 368 valence electrons. The second-order valence-electron chi connectivity index (χ2n) is 16.0. The van der Waals surface area contributed by atoms with Gasteiger partial charge in [-0.3, -0.25) is 52.7 Å². The van der Waals surface area contributed by atoms with Crippen molar-refractivity contribution in [2.45, 2.75) is 127 Å². The second-order valence-corrected chi connectivity index (χ2v) is 16.7. The van der Waals surface area contributed by atoms with Crippen LogP contribution in [0.3, 0.4) is 0 Å². The van der Waals surface area contributed by atoms with Gasteiger partial charge in [-0.2, -0.15) is 12.6 Å². The Bertz CT molecular complexity index is 1890. The van der Waals surface area contributed by atoms with Crippen LogP contribution in [0, 0.1) is 5.92 Å². The molecule has 1 aromatic carbocycles. The van der Waals surface area contributed by atoms with Crippen LogP contribution < -0.4 is 48.7 Å². The Hall–Kier alpha value is -6.17. The number of carboxylic acids is 2. The van der Waals surface area contributed by atoms with Crippen molar-refractivity contribution < 1.29 is 68.1 Å². The standard InChI is InChI=1S/C41H62ClN9O14S/c1-22(2)17-26(48-37(62)25(46-32(55)20-42)7-6-9-33(56)57)38(63)49-27(18-23-10-12-24(52)13-11-23)39(64)51-41(3,15-14-34(58)59)40(65)50-28(19-30(43)53)36(61)45-16-5-4-8-31(54)47-29(21-66)35(44)60/h10-13,22,25-29,52,66H,4-9,14-21H2,1-3H3,(H2,43,53)(H2,44,60)(H,45,61)(H,46,55)(H,47,54)(H,48,62)(H,49,63)(H,50,65)(H,51,64)(H,56,57)(H,58,59)/t25-,26-,27-,28-,29-,41-/m0/s1. The first kappa shape index (κ1) is 57.8. The van der Waals surface area contributed by atoms with Crippen LogP contribution in [-0.4, -0.2) is 134 Å². The van der Waals surface area contributed by atoms with Crippen LogP contribution in [0.25, 0.3) is 0 Å². The Balaban J connectivity index is 3.43. The van der Waals surface area contributed by atoms with E-state index in [1.54, 1.807) is 13.8 Å². The number of hydrogen-bond acceptors (Lipinski definition) is 13. The summed E-state index contributed by atoms with van der Waals surface area (Å²) in [5.41, 5.74) is 8.84. The number of carbonyl (C=O) groups excluding carboxylic acids is 9. The molecular weight excluding hydrogens is 910 g/mol. The highest BCUT2D eigenvalue weighted by molar-refractivity contribution is 7.80. The third-order valence-corrected chi connectivity index (χ3v) is 10.4. The molecule has 0 aromatic heterocycles. The van der Waals surface area contributed by atoms with Crippen molar-refractivity contribution >= 4 is 89.3 Å². The van der Waals surface area contributed by atoms with Crippen LogP contribution in [0.5, 0.6) is 5.75 Å². The number of thiol groups is 1. The molecule has 0 saturated carbocycles. The van der Waals surface area contributed by atoms with Gasteiger partial charge in [0.2, 0.25) is 53.2 Å². The number of carboxylic acid groups (broad SMARTS) is 2. The number of phenolic OH excluding ortho intramolecular Hbond substituents is 1. The zero-order valence-electron chi connectivity index (χ0n) is 37.0. The molecule has 0 radical (unpaired) electrons. The molecule has 66 heavy (non-hydrogen) atoms. The summed E-state index contributed by atoms with van der Waals surface area (Å²) in [7, 11) is 0. The van der Waals surface area contributed by atoms with Crippen LogP contribution in [-0.2, 0) is 59.2 Å². The Morgan fingerprint density at radius 1 is 0.697 bits per heavy atom. The van der Waals surface area contributed by atoms with Crippen LogP contribution >= 0.6 is 24.2 Å². The van der Waals surface area contributed by atoms with E-state index in [9.17, 15) is 63.0 Å². The van der Waals surface area contributed by atoms with Gasteiger partial charge in [-0.15, -0.1) is 11.6 Å². The maximum absolute atomic E-state index is 14.3. The van der Waals surface area contributed by atoms with Crippen molar-refractivity contribution in [3.8, 4) is 5.75 Å². The highest BCUT2D eigenvalue weighted by Crippen LogP contribution is 2.18. The molecule has 0 fully saturated rings. The number of carbonyl (C=O) groups is 11. The summed E-state index contributed by atoms with van der Waals surface area (Å²) >= 11 is 9.58. The monoisotopic (exact) mass is 971 g/mol. The lowest BCUT2D eigenvalue weighted by molar-refractivity contribution is -0.141. The molecule has 1 rings (SSSR count). The Labute approximate surface area is 391 Å². The summed E-state index contributed by atoms with van der Waals surface area (Å²) in [6, 6.07) is -1.28. The molecule has 9 amide bonds. The lowest BCUT2D eigenvalue weighted by Gasteiger charge is -2.33. The van der Waals surface area contributed by atoms with Crippen molar-refractivity contribution in [2.75, 3.05) is 18.2 Å². The molecular formula is C41H62ClN9O14S. The largest absolute Gasteiger partial charge is 0.508 e. The smallest absolute Gasteiger partial charge is 0.303 e.